The van der Waals surface area contributed by atoms with Gasteiger partial charge in [0.25, 0.3) is 5.91 Å². The number of hydrogen-bond donors (Lipinski definition) is 0. The third kappa shape index (κ3) is 2.83. The van der Waals surface area contributed by atoms with E-state index in [1.807, 2.05) is 39.9 Å². The second-order valence-electron chi connectivity index (χ2n) is 6.98. The van der Waals surface area contributed by atoms with Crippen LogP contribution in [0.25, 0.3) is 16.6 Å². The van der Waals surface area contributed by atoms with E-state index in [1.54, 1.807) is 24.5 Å². The molecule has 138 valence electrons. The highest BCUT2D eigenvalue weighted by Crippen LogP contribution is 2.34. The summed E-state index contributed by atoms with van der Waals surface area (Å²) >= 11 is 0. The minimum atomic E-state index is -0.0549. The zero-order chi connectivity index (χ0) is 18.9. The number of likely N-dealkylation sites (tertiary alicyclic amines) is 1. The van der Waals surface area contributed by atoms with Crippen molar-refractivity contribution in [1.29, 1.82) is 0 Å². The van der Waals surface area contributed by atoms with Crippen LogP contribution < -0.4 is 0 Å². The van der Waals surface area contributed by atoms with E-state index in [1.165, 1.54) is 0 Å². The summed E-state index contributed by atoms with van der Waals surface area (Å²) in [7, 11) is 0. The van der Waals surface area contributed by atoms with E-state index in [9.17, 15) is 4.79 Å². The molecule has 6 heteroatoms. The van der Waals surface area contributed by atoms with Gasteiger partial charge in [0.1, 0.15) is 5.69 Å². The van der Waals surface area contributed by atoms with Gasteiger partial charge in [-0.1, -0.05) is 41.6 Å². The van der Waals surface area contributed by atoms with Gasteiger partial charge in [-0.3, -0.25) is 9.78 Å². The van der Waals surface area contributed by atoms with E-state index in [4.69, 9.17) is 0 Å². The highest BCUT2D eigenvalue weighted by molar-refractivity contribution is 5.94. The summed E-state index contributed by atoms with van der Waals surface area (Å²) in [6.45, 7) is 0.729. The number of rotatable bonds is 3. The van der Waals surface area contributed by atoms with Crippen LogP contribution in [0.1, 0.15) is 34.9 Å². The lowest BCUT2D eigenvalue weighted by atomic mass is 10.1. The SMILES string of the molecule is O=C(c1ccncc1)N1CCC[C@@H]1c1nnn2cc(-c3ccccc3)ccc12. The van der Waals surface area contributed by atoms with Crippen molar-refractivity contribution in [3.63, 3.8) is 0 Å². The molecule has 1 aliphatic rings. The maximum atomic E-state index is 13.0. The molecule has 1 fully saturated rings. The maximum Gasteiger partial charge on any atom is 0.254 e. The van der Waals surface area contributed by atoms with Crippen LogP contribution in [-0.2, 0) is 0 Å². The fourth-order valence-electron chi connectivity index (χ4n) is 3.91. The lowest BCUT2D eigenvalue weighted by molar-refractivity contribution is 0.0733. The monoisotopic (exact) mass is 369 g/mol. The Bertz CT molecular complexity index is 1120. The van der Waals surface area contributed by atoms with Gasteiger partial charge in [0.05, 0.1) is 11.6 Å². The van der Waals surface area contributed by atoms with Crippen LogP contribution in [0.4, 0.5) is 0 Å². The fraction of sp³-hybridized carbons (Fsp3) is 0.182. The third-order valence-electron chi connectivity index (χ3n) is 5.30. The molecular formula is C22H19N5O. The van der Waals surface area contributed by atoms with E-state index in [0.717, 1.165) is 41.7 Å². The van der Waals surface area contributed by atoms with Crippen molar-refractivity contribution < 1.29 is 4.79 Å². The number of carbonyl (C=O) groups excluding carboxylic acids is 1. The molecule has 28 heavy (non-hydrogen) atoms. The molecule has 1 saturated heterocycles. The van der Waals surface area contributed by atoms with Crippen LogP contribution in [0, 0.1) is 0 Å². The Kier molecular flexibility index (Phi) is 4.09. The standard InChI is InChI=1S/C22H19N5O/c28-22(17-10-12-23-13-11-17)26-14-4-7-19(26)21-20-9-8-18(15-27(20)25-24-21)16-5-2-1-3-6-16/h1-3,5-6,8-13,15,19H,4,7,14H2/t19-/m1/s1. The van der Waals surface area contributed by atoms with Crippen molar-refractivity contribution in [2.45, 2.75) is 18.9 Å². The summed E-state index contributed by atoms with van der Waals surface area (Å²) in [5.74, 6) is 0.0203. The highest BCUT2D eigenvalue weighted by atomic mass is 16.2. The van der Waals surface area contributed by atoms with Gasteiger partial charge in [0, 0.05) is 36.3 Å². The van der Waals surface area contributed by atoms with Gasteiger partial charge < -0.3 is 4.90 Å². The quantitative estimate of drug-likeness (QED) is 0.551. The van der Waals surface area contributed by atoms with Crippen molar-refractivity contribution in [2.24, 2.45) is 0 Å². The lowest BCUT2D eigenvalue weighted by Gasteiger charge is -2.23. The first-order valence-corrected chi connectivity index (χ1v) is 9.42. The van der Waals surface area contributed by atoms with Crippen molar-refractivity contribution in [1.82, 2.24) is 24.7 Å². The van der Waals surface area contributed by atoms with Crippen molar-refractivity contribution in [2.75, 3.05) is 6.54 Å². The topological polar surface area (TPSA) is 63.4 Å². The van der Waals surface area contributed by atoms with E-state index in [2.05, 4.69) is 33.5 Å². The van der Waals surface area contributed by atoms with E-state index in [-0.39, 0.29) is 11.9 Å². The molecule has 0 spiro atoms. The Hall–Kier alpha value is -3.54. The van der Waals surface area contributed by atoms with Crippen LogP contribution in [0.15, 0.2) is 73.2 Å². The molecule has 4 heterocycles. The molecule has 0 aliphatic carbocycles. The summed E-state index contributed by atoms with van der Waals surface area (Å²) in [5, 5.41) is 8.78. The first-order chi connectivity index (χ1) is 13.8. The normalized spacial score (nSPS) is 16.6. The Morgan fingerprint density at radius 2 is 1.79 bits per heavy atom. The molecule has 3 aromatic heterocycles. The number of benzene rings is 1. The Morgan fingerprint density at radius 3 is 2.61 bits per heavy atom. The van der Waals surface area contributed by atoms with Gasteiger partial charge >= 0.3 is 0 Å². The van der Waals surface area contributed by atoms with Gasteiger partial charge in [-0.15, -0.1) is 5.10 Å². The predicted octanol–water partition coefficient (Wildman–Crippen LogP) is 3.77. The number of carbonyl (C=O) groups is 1. The number of fused-ring (bicyclic) bond motifs is 1. The van der Waals surface area contributed by atoms with Gasteiger partial charge in [0.15, 0.2) is 0 Å². The van der Waals surface area contributed by atoms with Crippen molar-refractivity contribution >= 4 is 11.4 Å². The van der Waals surface area contributed by atoms with Gasteiger partial charge in [-0.25, -0.2) is 4.52 Å². The molecule has 6 nitrogen and oxygen atoms in total. The van der Waals surface area contributed by atoms with E-state index >= 15 is 0 Å². The van der Waals surface area contributed by atoms with Gasteiger partial charge in [-0.2, -0.15) is 0 Å². The second-order valence-corrected chi connectivity index (χ2v) is 6.98. The number of hydrogen-bond acceptors (Lipinski definition) is 4. The van der Waals surface area contributed by atoms with Crippen LogP contribution in [0.2, 0.25) is 0 Å². The first-order valence-electron chi connectivity index (χ1n) is 9.42. The largest absolute Gasteiger partial charge is 0.330 e. The molecular weight excluding hydrogens is 350 g/mol. The molecule has 1 aromatic carbocycles. The maximum absolute atomic E-state index is 13.0. The van der Waals surface area contributed by atoms with Crippen LogP contribution >= 0.6 is 0 Å². The number of pyridine rings is 2. The lowest BCUT2D eigenvalue weighted by Crippen LogP contribution is -2.30. The molecule has 0 radical (unpaired) electrons. The van der Waals surface area contributed by atoms with Gasteiger partial charge in [-0.05, 0) is 36.6 Å². The molecule has 1 aliphatic heterocycles. The van der Waals surface area contributed by atoms with Crippen LogP contribution in [-0.4, -0.2) is 37.2 Å². The summed E-state index contributed by atoms with van der Waals surface area (Å²) < 4.78 is 1.81. The predicted molar refractivity (Wildman–Crippen MR) is 106 cm³/mol. The van der Waals surface area contributed by atoms with Crippen LogP contribution in [0.3, 0.4) is 0 Å². The first kappa shape index (κ1) is 16.6. The summed E-state index contributed by atoms with van der Waals surface area (Å²) in [4.78, 5) is 18.9. The molecule has 5 rings (SSSR count). The molecule has 1 atom stereocenters. The zero-order valence-electron chi connectivity index (χ0n) is 15.3. The third-order valence-corrected chi connectivity index (χ3v) is 5.30. The molecule has 0 saturated carbocycles. The summed E-state index contributed by atoms with van der Waals surface area (Å²) in [6, 6.07) is 17.8. The van der Waals surface area contributed by atoms with Crippen molar-refractivity contribution in [3.8, 4) is 11.1 Å². The molecule has 0 N–H and O–H groups in total. The number of aromatic nitrogens is 4. The van der Waals surface area contributed by atoms with E-state index < -0.39 is 0 Å². The van der Waals surface area contributed by atoms with Crippen molar-refractivity contribution in [3.05, 3.63) is 84.4 Å². The second kappa shape index (κ2) is 6.88. The molecule has 1 amide bonds. The molecule has 4 aromatic rings. The van der Waals surface area contributed by atoms with E-state index in [0.29, 0.717) is 5.56 Å². The Morgan fingerprint density at radius 1 is 0.964 bits per heavy atom. The van der Waals surface area contributed by atoms with Gasteiger partial charge in [0.2, 0.25) is 0 Å². The molecule has 0 bridgehead atoms. The number of amides is 1. The smallest absolute Gasteiger partial charge is 0.254 e. The minimum absolute atomic E-state index is 0.0203. The fourth-order valence-corrected chi connectivity index (χ4v) is 3.91. The highest BCUT2D eigenvalue weighted by Gasteiger charge is 2.33. The zero-order valence-corrected chi connectivity index (χ0v) is 15.3. The average molecular weight is 369 g/mol. The Labute approximate surface area is 162 Å². The molecule has 0 unspecified atom stereocenters. The number of nitrogens with zero attached hydrogens (tertiary/aromatic N) is 5. The minimum Gasteiger partial charge on any atom is -0.330 e. The Balaban J connectivity index is 1.49. The summed E-state index contributed by atoms with van der Waals surface area (Å²) in [5.41, 5.74) is 4.68. The summed E-state index contributed by atoms with van der Waals surface area (Å²) in [6.07, 6.45) is 7.15. The van der Waals surface area contributed by atoms with Crippen LogP contribution in [0.5, 0.6) is 0 Å². The average Bonchev–Trinajstić information content (AvgIpc) is 3.40.